The Balaban J connectivity index is 1.34. The summed E-state index contributed by atoms with van der Waals surface area (Å²) < 4.78 is 5.70. The van der Waals surface area contributed by atoms with E-state index in [0.717, 1.165) is 49.7 Å². The van der Waals surface area contributed by atoms with Gasteiger partial charge in [-0.3, -0.25) is 4.79 Å². The van der Waals surface area contributed by atoms with E-state index in [0.29, 0.717) is 11.1 Å². The smallest absolute Gasteiger partial charge is 0.277 e. The van der Waals surface area contributed by atoms with Gasteiger partial charge in [-0.15, -0.1) is 10.2 Å². The van der Waals surface area contributed by atoms with Crippen molar-refractivity contribution in [1.29, 1.82) is 0 Å². The van der Waals surface area contributed by atoms with E-state index in [1.165, 1.54) is 17.3 Å². The number of thioether (sulfide) groups is 1. The number of piperazine rings is 1. The largest absolute Gasteiger partial charge is 0.411 e. The average Bonchev–Trinajstić information content (AvgIpc) is 3.28. The van der Waals surface area contributed by atoms with Crippen molar-refractivity contribution >= 4 is 29.0 Å². The van der Waals surface area contributed by atoms with Gasteiger partial charge in [-0.1, -0.05) is 48.5 Å². The molecule has 0 atom stereocenters. The summed E-state index contributed by atoms with van der Waals surface area (Å²) in [7, 11) is 0. The minimum absolute atomic E-state index is 0.0975. The number of amides is 1. The molecule has 3 aromatic rings. The normalized spacial score (nSPS) is 14.6. The molecule has 0 bridgehead atoms. The van der Waals surface area contributed by atoms with E-state index in [2.05, 4.69) is 38.3 Å². The third kappa shape index (κ3) is 5.45. The van der Waals surface area contributed by atoms with Crippen LogP contribution in [0.3, 0.4) is 0 Å². The highest BCUT2D eigenvalue weighted by atomic mass is 32.2. The molecule has 2 heterocycles. The molecule has 0 saturated carbocycles. The molecular formula is C23H27N5O2S. The lowest BCUT2D eigenvalue weighted by Crippen LogP contribution is -2.46. The first-order valence-electron chi connectivity index (χ1n) is 10.5. The van der Waals surface area contributed by atoms with E-state index in [9.17, 15) is 4.79 Å². The Labute approximate surface area is 186 Å². The zero-order valence-electron chi connectivity index (χ0n) is 17.9. The molecule has 0 radical (unpaired) electrons. The predicted molar refractivity (Wildman–Crippen MR) is 125 cm³/mol. The van der Waals surface area contributed by atoms with Crippen LogP contribution < -0.4 is 10.2 Å². The van der Waals surface area contributed by atoms with Gasteiger partial charge < -0.3 is 19.5 Å². The first-order valence-corrected chi connectivity index (χ1v) is 11.5. The number of carbonyl (C=O) groups is 1. The molecule has 1 N–H and O–H groups in total. The van der Waals surface area contributed by atoms with Crippen LogP contribution in [0.4, 0.5) is 11.4 Å². The highest BCUT2D eigenvalue weighted by Gasteiger charge is 2.19. The van der Waals surface area contributed by atoms with E-state index >= 15 is 0 Å². The van der Waals surface area contributed by atoms with Gasteiger partial charge in [0.1, 0.15) is 0 Å². The summed E-state index contributed by atoms with van der Waals surface area (Å²) in [5, 5.41) is 11.6. The molecule has 1 amide bonds. The quantitative estimate of drug-likeness (QED) is 0.562. The Kier molecular flexibility index (Phi) is 6.89. The van der Waals surface area contributed by atoms with Crippen molar-refractivity contribution in [2.75, 3.05) is 48.7 Å². The molecule has 0 aliphatic carbocycles. The molecule has 8 heteroatoms. The van der Waals surface area contributed by atoms with Crippen molar-refractivity contribution < 1.29 is 9.21 Å². The van der Waals surface area contributed by atoms with Gasteiger partial charge in [0.2, 0.25) is 11.8 Å². The lowest BCUT2D eigenvalue weighted by atomic mass is 10.1. The third-order valence-corrected chi connectivity index (χ3v) is 6.19. The maximum absolute atomic E-state index is 12.6. The topological polar surface area (TPSA) is 74.5 Å². The van der Waals surface area contributed by atoms with Crippen LogP contribution in [-0.2, 0) is 4.79 Å². The van der Waals surface area contributed by atoms with Gasteiger partial charge in [0.15, 0.2) is 0 Å². The molecule has 2 aromatic carbocycles. The van der Waals surface area contributed by atoms with Crippen LogP contribution in [0.25, 0.3) is 11.5 Å². The number of nitrogens with one attached hydrogen (secondary N) is 1. The molecule has 1 fully saturated rings. The van der Waals surface area contributed by atoms with Crippen LogP contribution in [0.5, 0.6) is 0 Å². The number of aromatic nitrogens is 2. The van der Waals surface area contributed by atoms with Crippen LogP contribution in [0.1, 0.15) is 12.5 Å². The third-order valence-electron chi connectivity index (χ3n) is 5.37. The summed E-state index contributed by atoms with van der Waals surface area (Å²) in [4.78, 5) is 17.4. The lowest BCUT2D eigenvalue weighted by molar-refractivity contribution is -0.113. The van der Waals surface area contributed by atoms with Crippen molar-refractivity contribution in [3.05, 3.63) is 54.1 Å². The number of para-hydroxylation sites is 2. The number of likely N-dealkylation sites (N-methyl/N-ethyl adjacent to an activating group) is 1. The SMILES string of the molecule is CCN1CCN(c2ccccc2NC(=O)CSc2nnc(-c3ccc(C)cc3)o2)CC1. The Morgan fingerprint density at radius 3 is 2.55 bits per heavy atom. The van der Waals surface area contributed by atoms with Crippen molar-refractivity contribution in [2.24, 2.45) is 0 Å². The Bertz CT molecular complexity index is 1010. The lowest BCUT2D eigenvalue weighted by Gasteiger charge is -2.36. The maximum Gasteiger partial charge on any atom is 0.277 e. The summed E-state index contributed by atoms with van der Waals surface area (Å²) in [5.41, 5.74) is 3.94. The van der Waals surface area contributed by atoms with Gasteiger partial charge in [0.25, 0.3) is 5.22 Å². The Morgan fingerprint density at radius 2 is 1.81 bits per heavy atom. The fourth-order valence-corrected chi connectivity index (χ4v) is 4.12. The second kappa shape index (κ2) is 9.98. The van der Waals surface area contributed by atoms with Gasteiger partial charge in [-0.25, -0.2) is 0 Å². The van der Waals surface area contributed by atoms with E-state index in [4.69, 9.17) is 4.42 Å². The fraction of sp³-hybridized carbons (Fsp3) is 0.348. The van der Waals surface area contributed by atoms with E-state index in [1.807, 2.05) is 49.4 Å². The van der Waals surface area contributed by atoms with Gasteiger partial charge in [0.05, 0.1) is 17.1 Å². The Morgan fingerprint density at radius 1 is 1.06 bits per heavy atom. The molecule has 0 spiro atoms. The average molecular weight is 438 g/mol. The van der Waals surface area contributed by atoms with Crippen LogP contribution in [0.2, 0.25) is 0 Å². The molecule has 1 aliphatic heterocycles. The van der Waals surface area contributed by atoms with E-state index in [-0.39, 0.29) is 11.7 Å². The van der Waals surface area contributed by atoms with Crippen LogP contribution >= 0.6 is 11.8 Å². The number of rotatable bonds is 7. The molecule has 162 valence electrons. The number of nitrogens with zero attached hydrogens (tertiary/aromatic N) is 4. The van der Waals surface area contributed by atoms with Gasteiger partial charge >= 0.3 is 0 Å². The van der Waals surface area contributed by atoms with Gasteiger partial charge in [0, 0.05) is 31.7 Å². The van der Waals surface area contributed by atoms with E-state index < -0.39 is 0 Å². The number of aryl methyl sites for hydroxylation is 1. The summed E-state index contributed by atoms with van der Waals surface area (Å²) in [5.74, 6) is 0.562. The summed E-state index contributed by atoms with van der Waals surface area (Å²) >= 11 is 1.24. The first kappa shape index (κ1) is 21.4. The summed E-state index contributed by atoms with van der Waals surface area (Å²) in [6.07, 6.45) is 0. The van der Waals surface area contributed by atoms with Crippen LogP contribution in [0, 0.1) is 6.92 Å². The number of hydrogen-bond donors (Lipinski definition) is 1. The Hall–Kier alpha value is -2.84. The second-order valence-electron chi connectivity index (χ2n) is 7.51. The molecule has 1 aliphatic rings. The number of carbonyl (C=O) groups excluding carboxylic acids is 1. The van der Waals surface area contributed by atoms with Crippen LogP contribution in [0.15, 0.2) is 58.2 Å². The minimum Gasteiger partial charge on any atom is -0.411 e. The predicted octanol–water partition coefficient (Wildman–Crippen LogP) is 3.92. The summed E-state index contributed by atoms with van der Waals surface area (Å²) in [6.45, 7) is 9.28. The minimum atomic E-state index is -0.0975. The van der Waals surface area contributed by atoms with Crippen LogP contribution in [-0.4, -0.2) is 59.5 Å². The molecule has 1 saturated heterocycles. The highest BCUT2D eigenvalue weighted by molar-refractivity contribution is 7.99. The highest BCUT2D eigenvalue weighted by Crippen LogP contribution is 2.28. The standard InChI is InChI=1S/C23H27N5O2S/c1-3-27-12-14-28(15-13-27)20-7-5-4-6-19(20)24-21(29)16-31-23-26-25-22(30-23)18-10-8-17(2)9-11-18/h4-11H,3,12-16H2,1-2H3,(H,24,29). The number of benzene rings is 2. The molecule has 0 unspecified atom stereocenters. The second-order valence-corrected chi connectivity index (χ2v) is 8.44. The fourth-order valence-electron chi connectivity index (χ4n) is 3.55. The van der Waals surface area contributed by atoms with Crippen molar-refractivity contribution in [3.63, 3.8) is 0 Å². The molecule has 31 heavy (non-hydrogen) atoms. The van der Waals surface area contributed by atoms with E-state index in [1.54, 1.807) is 0 Å². The summed E-state index contributed by atoms with van der Waals surface area (Å²) in [6, 6.07) is 15.9. The first-order chi connectivity index (χ1) is 15.1. The number of hydrogen-bond acceptors (Lipinski definition) is 7. The molecule has 7 nitrogen and oxygen atoms in total. The van der Waals surface area contributed by atoms with Crippen molar-refractivity contribution in [3.8, 4) is 11.5 Å². The number of anilines is 2. The maximum atomic E-state index is 12.6. The van der Waals surface area contributed by atoms with Crippen molar-refractivity contribution in [1.82, 2.24) is 15.1 Å². The zero-order chi connectivity index (χ0) is 21.6. The monoisotopic (exact) mass is 437 g/mol. The molecule has 1 aromatic heterocycles. The van der Waals surface area contributed by atoms with Gasteiger partial charge in [-0.2, -0.15) is 0 Å². The zero-order valence-corrected chi connectivity index (χ0v) is 18.7. The molecular weight excluding hydrogens is 410 g/mol. The van der Waals surface area contributed by atoms with Gasteiger partial charge in [-0.05, 0) is 37.7 Å². The molecule has 4 rings (SSSR count). The van der Waals surface area contributed by atoms with Crippen molar-refractivity contribution in [2.45, 2.75) is 19.1 Å².